The summed E-state index contributed by atoms with van der Waals surface area (Å²) in [5.41, 5.74) is 7.90. The topological polar surface area (TPSA) is 61.6 Å². The molecule has 5 nitrogen and oxygen atoms in total. The number of amides is 1. The van der Waals surface area contributed by atoms with E-state index in [1.165, 1.54) is 18.7 Å². The van der Waals surface area contributed by atoms with E-state index in [1.54, 1.807) is 0 Å². The molecule has 1 fully saturated rings. The van der Waals surface area contributed by atoms with E-state index in [4.69, 9.17) is 5.73 Å². The molecule has 0 saturated carbocycles. The molecule has 1 saturated heterocycles. The van der Waals surface area contributed by atoms with Crippen molar-refractivity contribution >= 4 is 5.91 Å². The molecule has 0 radical (unpaired) electrons. The molecule has 0 bridgehead atoms. The van der Waals surface area contributed by atoms with Gasteiger partial charge in [-0.25, -0.2) is 0 Å². The molecule has 1 aliphatic rings. The quantitative estimate of drug-likeness (QED) is 0.709. The Labute approximate surface area is 158 Å². The van der Waals surface area contributed by atoms with Gasteiger partial charge in [0.25, 0.3) is 0 Å². The second-order valence-corrected chi connectivity index (χ2v) is 7.40. The highest BCUT2D eigenvalue weighted by Gasteiger charge is 2.32. The lowest BCUT2D eigenvalue weighted by Crippen LogP contribution is -2.45. The van der Waals surface area contributed by atoms with E-state index in [0.717, 1.165) is 44.6 Å². The van der Waals surface area contributed by atoms with Gasteiger partial charge in [-0.2, -0.15) is 0 Å². The number of nitrogens with two attached hydrogens (primary N) is 1. The van der Waals surface area contributed by atoms with Crippen molar-refractivity contribution in [3.8, 4) is 0 Å². The Morgan fingerprint density at radius 1 is 1.00 bits per heavy atom. The molecule has 146 valence electrons. The van der Waals surface area contributed by atoms with Crippen LogP contribution in [0, 0.1) is 5.41 Å². The molecule has 2 rings (SSSR count). The van der Waals surface area contributed by atoms with Crippen LogP contribution in [-0.2, 0) is 17.9 Å². The smallest absolute Gasteiger partial charge is 0.227 e. The Morgan fingerprint density at radius 2 is 1.54 bits per heavy atom. The molecule has 0 spiro atoms. The lowest BCUT2D eigenvalue weighted by atomic mass is 9.81. The predicted molar refractivity (Wildman–Crippen MR) is 108 cm³/mol. The van der Waals surface area contributed by atoms with Crippen LogP contribution < -0.4 is 11.1 Å². The summed E-state index contributed by atoms with van der Waals surface area (Å²) in [7, 11) is 0. The van der Waals surface area contributed by atoms with Gasteiger partial charge >= 0.3 is 0 Å². The van der Waals surface area contributed by atoms with Crippen LogP contribution in [0.25, 0.3) is 0 Å². The standard InChI is InChI=1S/C21H36N4O/c1-4-21(5-2,17-22)20(26)23-15-18-7-9-19(10-8-18)16-25-13-11-24(6-3)12-14-25/h7-10H,4-6,11-17,22H2,1-3H3,(H,23,26). The first kappa shape index (κ1) is 20.9. The van der Waals surface area contributed by atoms with Crippen molar-refractivity contribution in [2.24, 2.45) is 11.1 Å². The summed E-state index contributed by atoms with van der Waals surface area (Å²) in [4.78, 5) is 17.5. The summed E-state index contributed by atoms with van der Waals surface area (Å²) in [6.45, 7) is 14.0. The fraction of sp³-hybridized carbons (Fsp3) is 0.667. The van der Waals surface area contributed by atoms with E-state index >= 15 is 0 Å². The van der Waals surface area contributed by atoms with E-state index in [9.17, 15) is 4.79 Å². The summed E-state index contributed by atoms with van der Waals surface area (Å²) in [5.74, 6) is 0.0721. The van der Waals surface area contributed by atoms with Gasteiger partial charge in [0.05, 0.1) is 5.41 Å². The van der Waals surface area contributed by atoms with E-state index in [2.05, 4.69) is 46.3 Å². The molecule has 26 heavy (non-hydrogen) atoms. The number of nitrogens with one attached hydrogen (secondary N) is 1. The molecule has 0 aliphatic carbocycles. The largest absolute Gasteiger partial charge is 0.352 e. The number of hydrogen-bond donors (Lipinski definition) is 2. The average Bonchev–Trinajstić information content (AvgIpc) is 2.70. The normalized spacial score (nSPS) is 16.6. The van der Waals surface area contributed by atoms with Crippen LogP contribution in [0.3, 0.4) is 0 Å². The maximum atomic E-state index is 12.5. The number of hydrogen-bond acceptors (Lipinski definition) is 4. The number of rotatable bonds is 9. The van der Waals surface area contributed by atoms with Crippen LogP contribution in [0.4, 0.5) is 0 Å². The van der Waals surface area contributed by atoms with Crippen molar-refractivity contribution in [2.75, 3.05) is 39.3 Å². The van der Waals surface area contributed by atoms with Crippen LogP contribution >= 0.6 is 0 Å². The first-order valence-electron chi connectivity index (χ1n) is 10.1. The van der Waals surface area contributed by atoms with Crippen molar-refractivity contribution in [1.82, 2.24) is 15.1 Å². The third-order valence-corrected chi connectivity index (χ3v) is 6.02. The van der Waals surface area contributed by atoms with Gasteiger partial charge in [0.15, 0.2) is 0 Å². The summed E-state index contributed by atoms with van der Waals surface area (Å²) < 4.78 is 0. The molecule has 1 aliphatic heterocycles. The Hall–Kier alpha value is -1.43. The van der Waals surface area contributed by atoms with Gasteiger partial charge in [-0.3, -0.25) is 9.69 Å². The number of benzene rings is 1. The van der Waals surface area contributed by atoms with Crippen LogP contribution in [0.5, 0.6) is 0 Å². The molecule has 1 heterocycles. The fourth-order valence-electron chi connectivity index (χ4n) is 3.61. The third kappa shape index (κ3) is 5.29. The first-order chi connectivity index (χ1) is 12.6. The predicted octanol–water partition coefficient (Wildman–Crippen LogP) is 2.21. The van der Waals surface area contributed by atoms with Gasteiger partial charge in [-0.15, -0.1) is 0 Å². The highest BCUT2D eigenvalue weighted by molar-refractivity contribution is 5.82. The lowest BCUT2D eigenvalue weighted by Gasteiger charge is -2.34. The molecule has 0 unspecified atom stereocenters. The zero-order valence-electron chi connectivity index (χ0n) is 16.8. The zero-order chi connectivity index (χ0) is 19.0. The SMILES string of the molecule is CCN1CCN(Cc2ccc(CNC(=O)C(CC)(CC)CN)cc2)CC1. The maximum Gasteiger partial charge on any atom is 0.227 e. The molecule has 1 aromatic rings. The molecular formula is C21H36N4O. The van der Waals surface area contributed by atoms with Crippen molar-refractivity contribution in [1.29, 1.82) is 0 Å². The van der Waals surface area contributed by atoms with Gasteiger partial charge in [0.1, 0.15) is 0 Å². The molecule has 1 amide bonds. The van der Waals surface area contributed by atoms with E-state index in [-0.39, 0.29) is 5.91 Å². The highest BCUT2D eigenvalue weighted by atomic mass is 16.2. The lowest BCUT2D eigenvalue weighted by molar-refractivity contribution is -0.131. The Kier molecular flexibility index (Phi) is 8.07. The number of carbonyl (C=O) groups is 1. The van der Waals surface area contributed by atoms with Crippen molar-refractivity contribution < 1.29 is 4.79 Å². The van der Waals surface area contributed by atoms with Gasteiger partial charge < -0.3 is 16.0 Å². The van der Waals surface area contributed by atoms with Gasteiger partial charge in [-0.1, -0.05) is 45.0 Å². The molecule has 0 atom stereocenters. The van der Waals surface area contributed by atoms with Gasteiger partial charge in [0, 0.05) is 45.8 Å². The molecule has 1 aromatic carbocycles. The minimum Gasteiger partial charge on any atom is -0.352 e. The number of nitrogens with zero attached hydrogens (tertiary/aromatic N) is 2. The van der Waals surface area contributed by atoms with Crippen LogP contribution in [0.15, 0.2) is 24.3 Å². The zero-order valence-corrected chi connectivity index (χ0v) is 16.8. The molecule has 5 heteroatoms. The van der Waals surface area contributed by atoms with E-state index < -0.39 is 5.41 Å². The van der Waals surface area contributed by atoms with Crippen LogP contribution in [-0.4, -0.2) is 55.0 Å². The second-order valence-electron chi connectivity index (χ2n) is 7.40. The Balaban J connectivity index is 1.83. The summed E-state index contributed by atoms with van der Waals surface area (Å²) in [6.07, 6.45) is 1.55. The molecule has 0 aromatic heterocycles. The number of piperazine rings is 1. The Bertz CT molecular complexity index is 537. The molecular weight excluding hydrogens is 324 g/mol. The summed E-state index contributed by atoms with van der Waals surface area (Å²) in [6, 6.07) is 8.62. The second kappa shape index (κ2) is 10.0. The fourth-order valence-corrected chi connectivity index (χ4v) is 3.61. The maximum absolute atomic E-state index is 12.5. The summed E-state index contributed by atoms with van der Waals surface area (Å²) >= 11 is 0. The van der Waals surface area contributed by atoms with Gasteiger partial charge in [0.2, 0.25) is 5.91 Å². The van der Waals surface area contributed by atoms with Gasteiger partial charge in [-0.05, 0) is 30.5 Å². The van der Waals surface area contributed by atoms with Crippen molar-refractivity contribution in [2.45, 2.75) is 46.7 Å². The van der Waals surface area contributed by atoms with Crippen LogP contribution in [0.1, 0.15) is 44.7 Å². The summed E-state index contributed by atoms with van der Waals surface area (Å²) in [5, 5.41) is 3.07. The first-order valence-corrected chi connectivity index (χ1v) is 10.1. The van der Waals surface area contributed by atoms with Crippen molar-refractivity contribution in [3.63, 3.8) is 0 Å². The highest BCUT2D eigenvalue weighted by Crippen LogP contribution is 2.25. The average molecular weight is 361 g/mol. The van der Waals surface area contributed by atoms with Crippen molar-refractivity contribution in [3.05, 3.63) is 35.4 Å². The number of likely N-dealkylation sites (N-methyl/N-ethyl adjacent to an activating group) is 1. The van der Waals surface area contributed by atoms with E-state index in [0.29, 0.717) is 13.1 Å². The minimum absolute atomic E-state index is 0.0721. The Morgan fingerprint density at radius 3 is 2.04 bits per heavy atom. The van der Waals surface area contributed by atoms with Crippen LogP contribution in [0.2, 0.25) is 0 Å². The third-order valence-electron chi connectivity index (χ3n) is 6.02. The minimum atomic E-state index is -0.430. The van der Waals surface area contributed by atoms with E-state index in [1.807, 2.05) is 13.8 Å². The molecule has 3 N–H and O–H groups in total. The monoisotopic (exact) mass is 360 g/mol. The number of carbonyl (C=O) groups excluding carboxylic acids is 1.